The predicted octanol–water partition coefficient (Wildman–Crippen LogP) is 5.75. The minimum Gasteiger partial charge on any atom is -0.457 e. The van der Waals surface area contributed by atoms with E-state index in [-0.39, 0.29) is 27.1 Å². The summed E-state index contributed by atoms with van der Waals surface area (Å²) in [7, 11) is -5.74. The van der Waals surface area contributed by atoms with Crippen LogP contribution in [0.25, 0.3) is 0 Å². The number of ether oxygens (including phenoxy) is 1. The van der Waals surface area contributed by atoms with Gasteiger partial charge in [0.1, 0.15) is 11.5 Å². The number of pyridine rings is 1. The van der Waals surface area contributed by atoms with Crippen LogP contribution in [0.4, 0.5) is 32.0 Å². The molecule has 32 heavy (non-hydrogen) atoms. The lowest BCUT2D eigenvalue weighted by Gasteiger charge is -2.25. The van der Waals surface area contributed by atoms with Crippen molar-refractivity contribution in [3.05, 3.63) is 84.2 Å². The van der Waals surface area contributed by atoms with E-state index in [1.54, 1.807) is 0 Å². The van der Waals surface area contributed by atoms with Crippen molar-refractivity contribution in [2.24, 2.45) is 0 Å². The van der Waals surface area contributed by atoms with Gasteiger partial charge in [-0.3, -0.25) is 9.29 Å². The Hall–Kier alpha value is -3.28. The Kier molecular flexibility index (Phi) is 6.35. The molecule has 0 bridgehead atoms. The van der Waals surface area contributed by atoms with E-state index in [0.29, 0.717) is 0 Å². The quantitative estimate of drug-likeness (QED) is 0.425. The van der Waals surface area contributed by atoms with Crippen molar-refractivity contribution in [1.82, 2.24) is 4.98 Å². The van der Waals surface area contributed by atoms with Gasteiger partial charge in [-0.1, -0.05) is 12.1 Å². The molecule has 0 radical (unpaired) electrons. The zero-order valence-electron chi connectivity index (χ0n) is 15.9. The number of hydrogen-bond donors (Lipinski definition) is 0. The Balaban J connectivity index is 1.89. The average Bonchev–Trinajstić information content (AvgIpc) is 2.72. The summed E-state index contributed by atoms with van der Waals surface area (Å²) in [5.74, 6) is -0.151. The van der Waals surface area contributed by atoms with Crippen molar-refractivity contribution >= 4 is 15.7 Å². The number of hydrogen-bond acceptors (Lipinski definition) is 4. The van der Waals surface area contributed by atoms with Gasteiger partial charge in [0, 0.05) is 12.4 Å². The molecule has 12 heteroatoms. The molecule has 5 nitrogen and oxygen atoms in total. The molecule has 0 saturated heterocycles. The second kappa shape index (κ2) is 8.69. The molecular formula is C20H14F6N2O3S. The Labute approximate surface area is 178 Å². The summed E-state index contributed by atoms with van der Waals surface area (Å²) < 4.78 is 108. The van der Waals surface area contributed by atoms with Crippen molar-refractivity contribution in [3.8, 4) is 11.5 Å². The van der Waals surface area contributed by atoms with Gasteiger partial charge in [0.2, 0.25) is 0 Å². The van der Waals surface area contributed by atoms with Crippen LogP contribution in [-0.4, -0.2) is 18.9 Å². The lowest BCUT2D eigenvalue weighted by molar-refractivity contribution is -0.137. The highest BCUT2D eigenvalue weighted by Crippen LogP contribution is 2.35. The molecule has 0 aliphatic carbocycles. The molecule has 3 rings (SSSR count). The number of halogens is 6. The second-order valence-corrected chi connectivity index (χ2v) is 8.29. The van der Waals surface area contributed by atoms with E-state index in [4.69, 9.17) is 4.74 Å². The lowest BCUT2D eigenvalue weighted by atomic mass is 10.2. The van der Waals surface area contributed by atoms with Gasteiger partial charge in [-0.15, -0.1) is 0 Å². The summed E-state index contributed by atoms with van der Waals surface area (Å²) >= 11 is 0. The van der Waals surface area contributed by atoms with Crippen LogP contribution in [0.5, 0.6) is 11.5 Å². The summed E-state index contributed by atoms with van der Waals surface area (Å²) in [4.78, 5) is 3.76. The number of nitrogens with zero attached hydrogens (tertiary/aromatic N) is 2. The van der Waals surface area contributed by atoms with Crippen LogP contribution in [0, 0.1) is 0 Å². The van der Waals surface area contributed by atoms with Crippen LogP contribution in [0.3, 0.4) is 0 Å². The van der Waals surface area contributed by atoms with Gasteiger partial charge >= 0.3 is 21.7 Å². The van der Waals surface area contributed by atoms with E-state index in [0.717, 1.165) is 42.5 Å². The van der Waals surface area contributed by atoms with Crippen LogP contribution in [0.15, 0.2) is 73.1 Å². The molecule has 3 aromatic rings. The molecule has 0 fully saturated rings. The maximum atomic E-state index is 13.2. The fourth-order valence-electron chi connectivity index (χ4n) is 2.65. The number of aromatic nitrogens is 1. The number of alkyl halides is 6. The summed E-state index contributed by atoms with van der Waals surface area (Å²) in [5, 5.41) is 0. The van der Waals surface area contributed by atoms with E-state index >= 15 is 0 Å². The van der Waals surface area contributed by atoms with Crippen LogP contribution in [0.1, 0.15) is 11.1 Å². The van der Waals surface area contributed by atoms with Gasteiger partial charge in [-0.05, 0) is 54.1 Å². The highest BCUT2D eigenvalue weighted by atomic mass is 32.2. The molecule has 0 N–H and O–H groups in total. The zero-order chi connectivity index (χ0) is 23.6. The first-order chi connectivity index (χ1) is 14.9. The minimum atomic E-state index is -5.74. The van der Waals surface area contributed by atoms with Gasteiger partial charge in [-0.25, -0.2) is 0 Å². The third kappa shape index (κ3) is 5.31. The maximum absolute atomic E-state index is 13.2. The molecule has 0 spiro atoms. The largest absolute Gasteiger partial charge is 0.516 e. The van der Waals surface area contributed by atoms with E-state index < -0.39 is 33.8 Å². The van der Waals surface area contributed by atoms with Crippen LogP contribution >= 0.6 is 0 Å². The topological polar surface area (TPSA) is 59.5 Å². The molecule has 0 atom stereocenters. The molecule has 2 aromatic carbocycles. The van der Waals surface area contributed by atoms with Gasteiger partial charge < -0.3 is 4.74 Å². The predicted molar refractivity (Wildman–Crippen MR) is 103 cm³/mol. The lowest BCUT2D eigenvalue weighted by Crippen LogP contribution is -2.40. The normalized spacial score (nSPS) is 12.4. The third-order valence-corrected chi connectivity index (χ3v) is 5.66. The number of benzene rings is 2. The smallest absolute Gasteiger partial charge is 0.457 e. The zero-order valence-corrected chi connectivity index (χ0v) is 16.7. The van der Waals surface area contributed by atoms with E-state index in [2.05, 4.69) is 4.98 Å². The van der Waals surface area contributed by atoms with Crippen molar-refractivity contribution in [2.45, 2.75) is 18.2 Å². The van der Waals surface area contributed by atoms with Gasteiger partial charge in [-0.2, -0.15) is 34.8 Å². The standard InChI is InChI=1S/C20H14F6N2O3S/c21-19(22,23)15-4-1-5-18(11-15)31-17-8-6-16(7-9-17)28(32(29,30)20(24,25)26)13-14-3-2-10-27-12-14/h1-12H,13H2. The Morgan fingerprint density at radius 3 is 2.12 bits per heavy atom. The number of anilines is 1. The van der Waals surface area contributed by atoms with Crippen LogP contribution < -0.4 is 9.04 Å². The average molecular weight is 476 g/mol. The van der Waals surface area contributed by atoms with Crippen molar-refractivity contribution < 1.29 is 39.5 Å². The first kappa shape index (κ1) is 23.4. The maximum Gasteiger partial charge on any atom is 0.516 e. The van der Waals surface area contributed by atoms with Gasteiger partial charge in [0.05, 0.1) is 17.8 Å². The molecule has 0 saturated carbocycles. The Morgan fingerprint density at radius 1 is 0.875 bits per heavy atom. The van der Waals surface area contributed by atoms with E-state index in [1.165, 1.54) is 30.6 Å². The molecule has 1 heterocycles. The van der Waals surface area contributed by atoms with E-state index in [1.807, 2.05) is 0 Å². The fourth-order valence-corrected chi connectivity index (χ4v) is 3.62. The summed E-state index contributed by atoms with van der Waals surface area (Å²) in [6.07, 6.45) is -1.97. The third-order valence-electron chi connectivity index (χ3n) is 4.15. The molecule has 0 unspecified atom stereocenters. The highest BCUT2D eigenvalue weighted by Gasteiger charge is 2.50. The summed E-state index contributed by atoms with van der Waals surface area (Å²) in [6.45, 7) is -0.635. The second-order valence-electron chi connectivity index (χ2n) is 6.44. The summed E-state index contributed by atoms with van der Waals surface area (Å²) in [6, 6.07) is 11.3. The highest BCUT2D eigenvalue weighted by molar-refractivity contribution is 7.93. The number of rotatable bonds is 6. The molecule has 0 amide bonds. The van der Waals surface area contributed by atoms with Crippen molar-refractivity contribution in [3.63, 3.8) is 0 Å². The van der Waals surface area contributed by atoms with Crippen LogP contribution in [-0.2, 0) is 22.7 Å². The molecule has 0 aliphatic heterocycles. The van der Waals surface area contributed by atoms with Crippen LogP contribution in [0.2, 0.25) is 0 Å². The monoisotopic (exact) mass is 476 g/mol. The molecule has 170 valence electrons. The Bertz CT molecular complexity index is 1160. The van der Waals surface area contributed by atoms with Crippen molar-refractivity contribution in [1.29, 1.82) is 0 Å². The van der Waals surface area contributed by atoms with Gasteiger partial charge in [0.15, 0.2) is 0 Å². The Morgan fingerprint density at radius 2 is 1.56 bits per heavy atom. The fraction of sp³-hybridized carbons (Fsp3) is 0.150. The molecular weight excluding hydrogens is 462 g/mol. The SMILES string of the molecule is O=S(=O)(N(Cc1cccnc1)c1ccc(Oc2cccc(C(F)(F)F)c2)cc1)C(F)(F)F. The van der Waals surface area contributed by atoms with E-state index in [9.17, 15) is 34.8 Å². The minimum absolute atomic E-state index is 0.00110. The summed E-state index contributed by atoms with van der Waals surface area (Å²) in [5.41, 5.74) is -6.60. The molecule has 1 aromatic heterocycles. The van der Waals surface area contributed by atoms with Crippen molar-refractivity contribution in [2.75, 3.05) is 4.31 Å². The molecule has 0 aliphatic rings. The first-order valence-corrected chi connectivity index (χ1v) is 10.2. The first-order valence-electron chi connectivity index (χ1n) is 8.81. The number of sulfonamides is 1. The van der Waals surface area contributed by atoms with Gasteiger partial charge in [0.25, 0.3) is 0 Å².